The first-order valence-electron chi connectivity index (χ1n) is 4.39. The Hall–Kier alpha value is -0.680. The molecule has 0 heterocycles. The zero-order chi connectivity index (χ0) is 10.6. The smallest absolute Gasteiger partial charge is 0.104 e. The summed E-state index contributed by atoms with van der Waals surface area (Å²) in [6.07, 6.45) is 0.587. The average Bonchev–Trinajstić information content (AvgIpc) is 2.18. The zero-order valence-corrected chi connectivity index (χ0v) is 9.85. The zero-order valence-electron chi connectivity index (χ0n) is 8.22. The van der Waals surface area contributed by atoms with Crippen LogP contribution >= 0.6 is 24.6 Å². The van der Waals surface area contributed by atoms with Crippen molar-refractivity contribution in [3.63, 3.8) is 0 Å². The summed E-state index contributed by atoms with van der Waals surface area (Å²) < 4.78 is 0. The van der Waals surface area contributed by atoms with Gasteiger partial charge in [-0.1, -0.05) is 36.5 Å². The predicted octanol–water partition coefficient (Wildman–Crippen LogP) is 0.605. The van der Waals surface area contributed by atoms with Crippen LogP contribution in [0.3, 0.4) is 0 Å². The van der Waals surface area contributed by atoms with Crippen molar-refractivity contribution in [2.75, 3.05) is 6.61 Å². The number of hydrogen-bond acceptors (Lipinski definition) is 3. The number of hydrogen-bond donors (Lipinski definition) is 3. The molecule has 0 aliphatic rings. The van der Waals surface area contributed by atoms with Crippen molar-refractivity contribution in [1.29, 1.82) is 0 Å². The van der Waals surface area contributed by atoms with E-state index in [0.29, 0.717) is 11.4 Å². The second kappa shape index (κ2) is 6.74. The lowest BCUT2D eigenvalue weighted by Gasteiger charge is -2.11. The number of rotatable bonds is 4. The van der Waals surface area contributed by atoms with E-state index in [-0.39, 0.29) is 25.1 Å². The number of aliphatic hydroxyl groups excluding tert-OH is 1. The van der Waals surface area contributed by atoms with Gasteiger partial charge in [-0.2, -0.15) is 0 Å². The first-order valence-corrected chi connectivity index (χ1v) is 4.80. The molecule has 0 fully saturated rings. The van der Waals surface area contributed by atoms with Crippen LogP contribution in [-0.4, -0.2) is 22.7 Å². The fourth-order valence-corrected chi connectivity index (χ4v) is 1.48. The van der Waals surface area contributed by atoms with Crippen LogP contribution in [0.15, 0.2) is 24.3 Å². The molecule has 0 spiro atoms. The maximum Gasteiger partial charge on any atom is 0.104 e. The van der Waals surface area contributed by atoms with Crippen LogP contribution in [0.2, 0.25) is 0 Å². The summed E-state index contributed by atoms with van der Waals surface area (Å²) in [6, 6.07) is 7.31. The van der Waals surface area contributed by atoms with Crippen molar-refractivity contribution < 1.29 is 5.11 Å². The Morgan fingerprint density at radius 3 is 2.53 bits per heavy atom. The molecule has 5 N–H and O–H groups in total. The highest BCUT2D eigenvalue weighted by Crippen LogP contribution is 2.10. The van der Waals surface area contributed by atoms with Gasteiger partial charge in [0.2, 0.25) is 0 Å². The van der Waals surface area contributed by atoms with E-state index in [0.717, 1.165) is 11.1 Å². The first-order chi connectivity index (χ1) is 6.65. The number of benzene rings is 1. The molecule has 3 nitrogen and oxygen atoms in total. The molecule has 0 saturated heterocycles. The third-order valence-electron chi connectivity index (χ3n) is 2.00. The second-order valence-electron chi connectivity index (χ2n) is 3.17. The molecule has 0 unspecified atom stereocenters. The molecule has 0 amide bonds. The number of halogens is 1. The second-order valence-corrected chi connectivity index (χ2v) is 3.61. The van der Waals surface area contributed by atoms with Gasteiger partial charge in [0.05, 0.1) is 6.61 Å². The third kappa shape index (κ3) is 4.13. The van der Waals surface area contributed by atoms with E-state index in [2.05, 4.69) is 0 Å². The van der Waals surface area contributed by atoms with Crippen LogP contribution in [0.25, 0.3) is 0 Å². The Balaban J connectivity index is 0.00000196. The number of thiocarbonyl (C=S) groups is 1. The minimum absolute atomic E-state index is 0. The molecule has 0 aliphatic carbocycles. The van der Waals surface area contributed by atoms with Gasteiger partial charge < -0.3 is 16.6 Å². The first kappa shape index (κ1) is 14.3. The van der Waals surface area contributed by atoms with Gasteiger partial charge in [-0.15, -0.1) is 12.4 Å². The Kier molecular flexibility index (Phi) is 6.43. The monoisotopic (exact) mass is 246 g/mol. The number of aliphatic hydroxyl groups is 1. The molecular formula is C10H15ClN2OS. The molecule has 1 aromatic rings. The Morgan fingerprint density at radius 1 is 1.40 bits per heavy atom. The maximum atomic E-state index is 8.84. The van der Waals surface area contributed by atoms with E-state index < -0.39 is 0 Å². The Labute approximate surface area is 101 Å². The van der Waals surface area contributed by atoms with Gasteiger partial charge in [0.1, 0.15) is 4.99 Å². The molecule has 84 valence electrons. The fraction of sp³-hybridized carbons (Fsp3) is 0.300. The van der Waals surface area contributed by atoms with Crippen molar-refractivity contribution in [3.05, 3.63) is 35.4 Å². The van der Waals surface area contributed by atoms with Crippen molar-refractivity contribution in [2.24, 2.45) is 11.5 Å². The van der Waals surface area contributed by atoms with Crippen molar-refractivity contribution in [1.82, 2.24) is 0 Å². The van der Waals surface area contributed by atoms with Crippen LogP contribution in [0.5, 0.6) is 0 Å². The minimum atomic E-state index is -0.259. The quantitative estimate of drug-likeness (QED) is 0.681. The van der Waals surface area contributed by atoms with Gasteiger partial charge >= 0.3 is 0 Å². The number of nitrogens with two attached hydrogens (primary N) is 2. The summed E-state index contributed by atoms with van der Waals surface area (Å²) in [6.45, 7) is -0.0360. The SMILES string of the molecule is Cl.NC(=S)c1ccccc1C[C@H](N)CO. The van der Waals surface area contributed by atoms with Crippen molar-refractivity contribution in [3.8, 4) is 0 Å². The summed E-state index contributed by atoms with van der Waals surface area (Å²) >= 11 is 4.91. The summed E-state index contributed by atoms with van der Waals surface area (Å²) in [5, 5.41) is 8.84. The van der Waals surface area contributed by atoms with Crippen molar-refractivity contribution >= 4 is 29.6 Å². The van der Waals surface area contributed by atoms with E-state index in [1.165, 1.54) is 0 Å². The summed E-state index contributed by atoms with van der Waals surface area (Å²) in [5.41, 5.74) is 13.0. The van der Waals surface area contributed by atoms with Crippen LogP contribution < -0.4 is 11.5 Å². The van der Waals surface area contributed by atoms with Crippen molar-refractivity contribution in [2.45, 2.75) is 12.5 Å². The molecule has 1 atom stereocenters. The minimum Gasteiger partial charge on any atom is -0.395 e. The fourth-order valence-electron chi connectivity index (χ4n) is 1.29. The highest BCUT2D eigenvalue weighted by molar-refractivity contribution is 7.80. The van der Waals surface area contributed by atoms with Crippen LogP contribution in [0.1, 0.15) is 11.1 Å². The predicted molar refractivity (Wildman–Crippen MR) is 68.3 cm³/mol. The van der Waals surface area contributed by atoms with E-state index in [4.69, 9.17) is 28.8 Å². The van der Waals surface area contributed by atoms with Crippen LogP contribution in [0, 0.1) is 0 Å². The lowest BCUT2D eigenvalue weighted by Crippen LogP contribution is -2.28. The van der Waals surface area contributed by atoms with Gasteiger partial charge in [-0.25, -0.2) is 0 Å². The standard InChI is InChI=1S/C10H14N2OS.ClH/c11-8(6-13)5-7-3-1-2-4-9(7)10(12)14;/h1-4,8,13H,5-6,11H2,(H2,12,14);1H/t8-;/m0./s1. The molecule has 1 aromatic carbocycles. The van der Waals surface area contributed by atoms with E-state index in [9.17, 15) is 0 Å². The largest absolute Gasteiger partial charge is 0.395 e. The Bertz CT molecular complexity index is 333. The lowest BCUT2D eigenvalue weighted by molar-refractivity contribution is 0.265. The highest BCUT2D eigenvalue weighted by Gasteiger charge is 2.07. The van der Waals surface area contributed by atoms with Gasteiger partial charge in [-0.05, 0) is 12.0 Å². The molecule has 5 heteroatoms. The summed E-state index contributed by atoms with van der Waals surface area (Å²) in [5.74, 6) is 0. The molecule has 0 aromatic heterocycles. The molecule has 0 bridgehead atoms. The average molecular weight is 247 g/mol. The molecular weight excluding hydrogens is 232 g/mol. The maximum absolute atomic E-state index is 8.84. The van der Waals surface area contributed by atoms with Gasteiger partial charge in [0, 0.05) is 11.6 Å². The molecule has 0 aliphatic heterocycles. The lowest BCUT2D eigenvalue weighted by atomic mass is 10.0. The summed E-state index contributed by atoms with van der Waals surface area (Å²) in [4.78, 5) is 0.366. The molecule has 1 rings (SSSR count). The van der Waals surface area contributed by atoms with E-state index >= 15 is 0 Å². The van der Waals surface area contributed by atoms with E-state index in [1.807, 2.05) is 24.3 Å². The van der Waals surface area contributed by atoms with E-state index in [1.54, 1.807) is 0 Å². The third-order valence-corrected chi connectivity index (χ3v) is 2.22. The molecule has 0 saturated carbocycles. The topological polar surface area (TPSA) is 72.3 Å². The van der Waals surface area contributed by atoms with Crippen LogP contribution in [0.4, 0.5) is 0 Å². The van der Waals surface area contributed by atoms with Gasteiger partial charge in [0.15, 0.2) is 0 Å². The van der Waals surface area contributed by atoms with Gasteiger partial charge in [-0.3, -0.25) is 0 Å². The van der Waals surface area contributed by atoms with Gasteiger partial charge in [0.25, 0.3) is 0 Å². The van der Waals surface area contributed by atoms with Crippen LogP contribution in [-0.2, 0) is 6.42 Å². The Morgan fingerprint density at radius 2 is 2.00 bits per heavy atom. The highest BCUT2D eigenvalue weighted by atomic mass is 35.5. The normalized spacial score (nSPS) is 11.6. The molecule has 0 radical (unpaired) electrons. The molecule has 15 heavy (non-hydrogen) atoms. The summed E-state index contributed by atoms with van der Waals surface area (Å²) in [7, 11) is 0.